The fourth-order valence-electron chi connectivity index (χ4n) is 1.84. The molecule has 0 bridgehead atoms. The van der Waals surface area contributed by atoms with Crippen LogP contribution in [0.4, 0.5) is 10.1 Å². The highest BCUT2D eigenvalue weighted by atomic mass is 32.2. The second-order valence-electron chi connectivity index (χ2n) is 4.28. The lowest BCUT2D eigenvalue weighted by Crippen LogP contribution is -2.32. The van der Waals surface area contributed by atoms with E-state index < -0.39 is 0 Å². The van der Waals surface area contributed by atoms with E-state index in [1.54, 1.807) is 12.1 Å². The summed E-state index contributed by atoms with van der Waals surface area (Å²) in [6.45, 7) is 2.79. The fourth-order valence-corrected chi connectivity index (χ4v) is 2.71. The molecular formula is C13H21FN2S. The van der Waals surface area contributed by atoms with Gasteiger partial charge in [-0.2, -0.15) is 11.8 Å². The van der Waals surface area contributed by atoms with Crippen molar-refractivity contribution in [2.75, 3.05) is 24.8 Å². The van der Waals surface area contributed by atoms with Gasteiger partial charge in [-0.3, -0.25) is 4.90 Å². The smallest absolute Gasteiger partial charge is 0.129 e. The van der Waals surface area contributed by atoms with Gasteiger partial charge >= 0.3 is 0 Å². The van der Waals surface area contributed by atoms with E-state index in [0.29, 0.717) is 23.8 Å². The molecule has 0 spiro atoms. The van der Waals surface area contributed by atoms with Gasteiger partial charge in [-0.1, -0.05) is 13.0 Å². The van der Waals surface area contributed by atoms with Crippen molar-refractivity contribution in [3.8, 4) is 0 Å². The van der Waals surface area contributed by atoms with Gasteiger partial charge in [0.2, 0.25) is 0 Å². The van der Waals surface area contributed by atoms with Crippen LogP contribution in [-0.2, 0) is 6.54 Å². The number of anilines is 1. The van der Waals surface area contributed by atoms with E-state index in [1.165, 1.54) is 6.07 Å². The maximum atomic E-state index is 13.7. The maximum Gasteiger partial charge on any atom is 0.129 e. The molecule has 1 atom stereocenters. The highest BCUT2D eigenvalue weighted by molar-refractivity contribution is 7.98. The van der Waals surface area contributed by atoms with Gasteiger partial charge in [0, 0.05) is 29.6 Å². The summed E-state index contributed by atoms with van der Waals surface area (Å²) in [6.07, 6.45) is 3.17. The molecule has 0 amide bonds. The van der Waals surface area contributed by atoms with Crippen LogP contribution in [0.2, 0.25) is 0 Å². The zero-order chi connectivity index (χ0) is 12.8. The lowest BCUT2D eigenvalue weighted by atomic mass is 10.1. The Morgan fingerprint density at radius 1 is 1.47 bits per heavy atom. The Morgan fingerprint density at radius 3 is 2.71 bits per heavy atom. The summed E-state index contributed by atoms with van der Waals surface area (Å²) >= 11 is 1.82. The third-order valence-corrected chi connectivity index (χ3v) is 3.67. The van der Waals surface area contributed by atoms with Gasteiger partial charge in [-0.05, 0) is 31.9 Å². The summed E-state index contributed by atoms with van der Waals surface area (Å²) in [6, 6.07) is 5.40. The van der Waals surface area contributed by atoms with Crippen LogP contribution in [0.15, 0.2) is 18.2 Å². The molecule has 2 nitrogen and oxygen atoms in total. The van der Waals surface area contributed by atoms with Gasteiger partial charge < -0.3 is 5.73 Å². The molecule has 2 N–H and O–H groups in total. The fraction of sp³-hybridized carbons (Fsp3) is 0.538. The minimum absolute atomic E-state index is 0.212. The first-order valence-electron chi connectivity index (χ1n) is 5.81. The number of nitrogens with zero attached hydrogens (tertiary/aromatic N) is 1. The Bertz CT molecular complexity index is 357. The number of nitrogens with two attached hydrogens (primary N) is 1. The molecule has 0 radical (unpaired) electrons. The zero-order valence-corrected chi connectivity index (χ0v) is 11.6. The molecule has 4 heteroatoms. The molecule has 0 aliphatic heterocycles. The van der Waals surface area contributed by atoms with Crippen LogP contribution < -0.4 is 5.73 Å². The van der Waals surface area contributed by atoms with Gasteiger partial charge in [0.05, 0.1) is 0 Å². The van der Waals surface area contributed by atoms with Crippen LogP contribution >= 0.6 is 11.8 Å². The van der Waals surface area contributed by atoms with Crippen LogP contribution in [0, 0.1) is 5.82 Å². The Balaban J connectivity index is 2.69. The predicted octanol–water partition coefficient (Wildman–Crippen LogP) is 2.98. The van der Waals surface area contributed by atoms with Crippen molar-refractivity contribution in [3.05, 3.63) is 29.6 Å². The number of hydrogen-bond donors (Lipinski definition) is 1. The quantitative estimate of drug-likeness (QED) is 0.793. The topological polar surface area (TPSA) is 29.3 Å². The maximum absolute atomic E-state index is 13.7. The van der Waals surface area contributed by atoms with Gasteiger partial charge in [0.15, 0.2) is 0 Å². The monoisotopic (exact) mass is 256 g/mol. The summed E-state index contributed by atoms with van der Waals surface area (Å²) in [5, 5.41) is 0. The van der Waals surface area contributed by atoms with Crippen molar-refractivity contribution in [2.45, 2.75) is 25.9 Å². The van der Waals surface area contributed by atoms with Crippen LogP contribution in [0.25, 0.3) is 0 Å². The van der Waals surface area contributed by atoms with Crippen molar-refractivity contribution in [1.29, 1.82) is 0 Å². The van der Waals surface area contributed by atoms with Crippen LogP contribution in [0.3, 0.4) is 0 Å². The molecule has 1 aromatic rings. The Labute approximate surface area is 107 Å². The summed E-state index contributed by atoms with van der Waals surface area (Å²) < 4.78 is 13.7. The average Bonchev–Trinajstić information content (AvgIpc) is 2.29. The van der Waals surface area contributed by atoms with E-state index in [1.807, 2.05) is 18.8 Å². The largest absolute Gasteiger partial charge is 0.399 e. The SMILES string of the molecule is CCC(CSC)N(C)Cc1ccc(N)cc1F. The Hall–Kier alpha value is -0.740. The molecule has 0 aliphatic rings. The van der Waals surface area contributed by atoms with Crippen molar-refractivity contribution in [3.63, 3.8) is 0 Å². The highest BCUT2D eigenvalue weighted by Crippen LogP contribution is 2.16. The third-order valence-electron chi connectivity index (χ3n) is 2.95. The first-order valence-corrected chi connectivity index (χ1v) is 7.21. The normalized spacial score (nSPS) is 13.0. The first kappa shape index (κ1) is 14.3. The van der Waals surface area contributed by atoms with E-state index in [4.69, 9.17) is 5.73 Å². The molecule has 1 aromatic carbocycles. The van der Waals surface area contributed by atoms with Gasteiger partial charge in [0.1, 0.15) is 5.82 Å². The Morgan fingerprint density at radius 2 is 2.18 bits per heavy atom. The van der Waals surface area contributed by atoms with Gasteiger partial charge in [-0.15, -0.1) is 0 Å². The number of thioether (sulfide) groups is 1. The van der Waals surface area contributed by atoms with Gasteiger partial charge in [0.25, 0.3) is 0 Å². The summed E-state index contributed by atoms with van der Waals surface area (Å²) in [5.74, 6) is 0.861. The summed E-state index contributed by atoms with van der Waals surface area (Å²) in [5.41, 5.74) is 6.72. The molecule has 0 aromatic heterocycles. The number of rotatable bonds is 6. The lowest BCUT2D eigenvalue weighted by molar-refractivity contribution is 0.244. The molecule has 0 aliphatic carbocycles. The second kappa shape index (κ2) is 6.87. The van der Waals surface area contributed by atoms with E-state index in [9.17, 15) is 4.39 Å². The first-order chi connectivity index (χ1) is 8.08. The molecule has 0 saturated heterocycles. The van der Waals surface area contributed by atoms with Crippen molar-refractivity contribution >= 4 is 17.4 Å². The average molecular weight is 256 g/mol. The highest BCUT2D eigenvalue weighted by Gasteiger charge is 2.14. The lowest BCUT2D eigenvalue weighted by Gasteiger charge is -2.26. The number of nitrogen functional groups attached to an aromatic ring is 1. The minimum atomic E-state index is -0.212. The van der Waals surface area contributed by atoms with E-state index in [-0.39, 0.29) is 5.82 Å². The summed E-state index contributed by atoms with van der Waals surface area (Å²) in [7, 11) is 2.04. The summed E-state index contributed by atoms with van der Waals surface area (Å²) in [4.78, 5) is 2.20. The van der Waals surface area contributed by atoms with E-state index in [0.717, 1.165) is 12.2 Å². The molecule has 96 valence electrons. The molecule has 0 saturated carbocycles. The number of benzene rings is 1. The van der Waals surface area contributed by atoms with Gasteiger partial charge in [-0.25, -0.2) is 4.39 Å². The molecule has 1 unspecified atom stereocenters. The number of halogens is 1. The molecule has 0 heterocycles. The molecule has 17 heavy (non-hydrogen) atoms. The molecule has 0 fully saturated rings. The molecular weight excluding hydrogens is 235 g/mol. The van der Waals surface area contributed by atoms with Crippen molar-refractivity contribution in [2.24, 2.45) is 0 Å². The second-order valence-corrected chi connectivity index (χ2v) is 5.19. The van der Waals surface area contributed by atoms with Crippen molar-refractivity contribution < 1.29 is 4.39 Å². The van der Waals surface area contributed by atoms with Crippen LogP contribution in [0.5, 0.6) is 0 Å². The van der Waals surface area contributed by atoms with Crippen molar-refractivity contribution in [1.82, 2.24) is 4.90 Å². The van der Waals surface area contributed by atoms with E-state index >= 15 is 0 Å². The Kier molecular flexibility index (Phi) is 5.78. The third kappa shape index (κ3) is 4.21. The zero-order valence-electron chi connectivity index (χ0n) is 10.7. The van der Waals surface area contributed by atoms with Crippen LogP contribution in [0.1, 0.15) is 18.9 Å². The minimum Gasteiger partial charge on any atom is -0.399 e. The standard InChI is InChI=1S/C13H21FN2S/c1-4-12(9-17-3)16(2)8-10-5-6-11(15)7-13(10)14/h5-7,12H,4,8-9,15H2,1-3H3. The predicted molar refractivity (Wildman–Crippen MR) is 74.7 cm³/mol. The van der Waals surface area contributed by atoms with Crippen LogP contribution in [-0.4, -0.2) is 30.0 Å². The number of hydrogen-bond acceptors (Lipinski definition) is 3. The van der Waals surface area contributed by atoms with E-state index in [2.05, 4.69) is 18.1 Å². The molecule has 1 rings (SSSR count).